The molecular weight excluding hydrogens is 729 g/mol. The SMILES string of the molecule is NC(=O)C/C=C/c1ccccc1.NC(=O)CCOc1ccccc1.NCC/C=C/c1ccccc1.NCCCOc1ccccc1.O=C(O)C/C=C/c1ccccc1. The lowest BCUT2D eigenvalue weighted by atomic mass is 10.2. The number of primary amides is 2. The summed E-state index contributed by atoms with van der Waals surface area (Å²) >= 11 is 0. The van der Waals surface area contributed by atoms with Crippen LogP contribution in [0.25, 0.3) is 18.2 Å². The molecule has 0 aliphatic carbocycles. The van der Waals surface area contributed by atoms with Crippen LogP contribution in [0.1, 0.15) is 48.8 Å². The summed E-state index contributed by atoms with van der Waals surface area (Å²) in [5.74, 6) is 0.231. The molecule has 9 N–H and O–H groups in total. The number of ether oxygens (including phenoxy) is 2. The molecular formula is C48H58N4O6. The van der Waals surface area contributed by atoms with E-state index in [2.05, 4.69) is 24.3 Å². The molecule has 0 aromatic heterocycles. The molecule has 0 aliphatic rings. The fourth-order valence-corrected chi connectivity index (χ4v) is 4.19. The van der Waals surface area contributed by atoms with Crippen LogP contribution in [0.4, 0.5) is 0 Å². The maximum Gasteiger partial charge on any atom is 0.307 e. The Morgan fingerprint density at radius 3 is 1.22 bits per heavy atom. The molecule has 5 aromatic rings. The summed E-state index contributed by atoms with van der Waals surface area (Å²) in [5.41, 5.74) is 23.9. The summed E-state index contributed by atoms with van der Waals surface area (Å²) in [5, 5.41) is 8.34. The molecule has 0 bridgehead atoms. The van der Waals surface area contributed by atoms with Crippen LogP contribution in [0.5, 0.6) is 11.5 Å². The lowest BCUT2D eigenvalue weighted by Gasteiger charge is -2.03. The highest BCUT2D eigenvalue weighted by Gasteiger charge is 1.95. The van der Waals surface area contributed by atoms with Crippen LogP contribution >= 0.6 is 0 Å². The number of hydrogen-bond acceptors (Lipinski definition) is 7. The average molecular weight is 787 g/mol. The van der Waals surface area contributed by atoms with Crippen LogP contribution < -0.4 is 32.4 Å². The summed E-state index contributed by atoms with van der Waals surface area (Å²) in [6.45, 7) is 2.47. The monoisotopic (exact) mass is 786 g/mol. The van der Waals surface area contributed by atoms with E-state index in [0.29, 0.717) is 26.2 Å². The van der Waals surface area contributed by atoms with Crippen LogP contribution in [-0.4, -0.2) is 49.2 Å². The number of carbonyl (C=O) groups excluding carboxylic acids is 2. The number of benzene rings is 5. The first-order chi connectivity index (χ1) is 28.2. The molecule has 2 amide bonds. The average Bonchev–Trinajstić information content (AvgIpc) is 3.24. The Morgan fingerprint density at radius 1 is 0.483 bits per heavy atom. The summed E-state index contributed by atoms with van der Waals surface area (Å²) in [6, 6.07) is 48.7. The van der Waals surface area contributed by atoms with Crippen molar-refractivity contribution in [2.24, 2.45) is 22.9 Å². The van der Waals surface area contributed by atoms with E-state index in [4.69, 9.17) is 37.5 Å². The zero-order valence-electron chi connectivity index (χ0n) is 33.1. The van der Waals surface area contributed by atoms with Crippen molar-refractivity contribution in [3.05, 3.63) is 187 Å². The summed E-state index contributed by atoms with van der Waals surface area (Å²) < 4.78 is 10.6. The third kappa shape index (κ3) is 30.6. The predicted molar refractivity (Wildman–Crippen MR) is 238 cm³/mol. The number of hydrogen-bond donors (Lipinski definition) is 5. The quantitative estimate of drug-likeness (QED) is 0.0583. The molecule has 0 heterocycles. The van der Waals surface area contributed by atoms with Gasteiger partial charge < -0.3 is 37.5 Å². The lowest BCUT2D eigenvalue weighted by molar-refractivity contribution is -0.136. The first-order valence-corrected chi connectivity index (χ1v) is 18.9. The third-order valence-electron chi connectivity index (χ3n) is 7.00. The number of rotatable bonds is 17. The van der Waals surface area contributed by atoms with E-state index in [1.165, 1.54) is 5.56 Å². The highest BCUT2D eigenvalue weighted by Crippen LogP contribution is 2.09. The van der Waals surface area contributed by atoms with Gasteiger partial charge in [-0.15, -0.1) is 0 Å². The second-order valence-corrected chi connectivity index (χ2v) is 12.0. The Labute approximate surface area is 343 Å². The smallest absolute Gasteiger partial charge is 0.307 e. The minimum absolute atomic E-state index is 0.0783. The van der Waals surface area contributed by atoms with Gasteiger partial charge in [-0.25, -0.2) is 0 Å². The van der Waals surface area contributed by atoms with Crippen LogP contribution in [-0.2, 0) is 14.4 Å². The molecule has 0 saturated carbocycles. The minimum Gasteiger partial charge on any atom is -0.494 e. The highest BCUT2D eigenvalue weighted by molar-refractivity contribution is 5.76. The number of nitrogens with two attached hydrogens (primary N) is 4. The van der Waals surface area contributed by atoms with Gasteiger partial charge in [0.05, 0.1) is 26.1 Å². The Balaban J connectivity index is 0.000000363. The van der Waals surface area contributed by atoms with Gasteiger partial charge in [-0.1, -0.05) is 164 Å². The van der Waals surface area contributed by atoms with Crippen LogP contribution in [0, 0.1) is 0 Å². The van der Waals surface area contributed by atoms with Crippen molar-refractivity contribution in [1.82, 2.24) is 0 Å². The fourth-order valence-electron chi connectivity index (χ4n) is 4.19. The Kier molecular flexibility index (Phi) is 29.5. The topological polar surface area (TPSA) is 194 Å². The molecule has 5 aromatic carbocycles. The molecule has 10 nitrogen and oxygen atoms in total. The van der Waals surface area contributed by atoms with Crippen LogP contribution in [0.2, 0.25) is 0 Å². The third-order valence-corrected chi connectivity index (χ3v) is 7.00. The Bertz CT molecular complexity index is 1780. The van der Waals surface area contributed by atoms with Gasteiger partial charge in [0.15, 0.2) is 0 Å². The molecule has 0 radical (unpaired) electrons. The molecule has 0 saturated heterocycles. The normalized spacial score (nSPS) is 10.0. The second-order valence-electron chi connectivity index (χ2n) is 12.0. The van der Waals surface area contributed by atoms with E-state index in [9.17, 15) is 14.4 Å². The van der Waals surface area contributed by atoms with Gasteiger partial charge in [-0.05, 0) is 66.9 Å². The van der Waals surface area contributed by atoms with Crippen molar-refractivity contribution in [2.45, 2.75) is 32.1 Å². The molecule has 0 spiro atoms. The van der Waals surface area contributed by atoms with Crippen LogP contribution in [0.3, 0.4) is 0 Å². The van der Waals surface area contributed by atoms with E-state index < -0.39 is 5.97 Å². The Morgan fingerprint density at radius 2 is 0.862 bits per heavy atom. The summed E-state index contributed by atoms with van der Waals surface area (Å²) in [4.78, 5) is 30.8. The summed E-state index contributed by atoms with van der Waals surface area (Å²) in [6.07, 6.45) is 13.8. The van der Waals surface area contributed by atoms with Gasteiger partial charge in [0, 0.05) is 6.42 Å². The molecule has 306 valence electrons. The van der Waals surface area contributed by atoms with Crippen molar-refractivity contribution < 1.29 is 29.0 Å². The zero-order chi connectivity index (χ0) is 42.3. The standard InChI is InChI=1S/C10H11NO.C10H13N.C10H10O2.C9H11NO2.C9H13NO/c11-10(12)8-4-7-9-5-2-1-3-6-9;11-9-5-4-8-10-6-2-1-3-7-10;11-10(12)8-4-7-9-5-2-1-3-6-9;10-9(11)6-7-12-8-4-2-1-3-5-8;10-7-4-8-11-9-5-2-1-3-6-9/h1-7H,8H2,(H2,11,12);1-4,6-8H,5,9,11H2;1-7H,8H2,(H,11,12);1-5H,6-7H2,(H2,10,11);1-3,5-6H,4,7-8,10H2/b7-4+;8-4+;7-4+;;. The van der Waals surface area contributed by atoms with Gasteiger partial charge in [0.25, 0.3) is 0 Å². The molecule has 0 fully saturated rings. The number of para-hydroxylation sites is 2. The highest BCUT2D eigenvalue weighted by atomic mass is 16.5. The maximum atomic E-state index is 10.4. The molecule has 0 aliphatic heterocycles. The van der Waals surface area contributed by atoms with Crippen LogP contribution in [0.15, 0.2) is 170 Å². The first kappa shape index (κ1) is 49.3. The predicted octanol–water partition coefficient (Wildman–Crippen LogP) is 8.15. The van der Waals surface area contributed by atoms with E-state index in [0.717, 1.165) is 42.0 Å². The van der Waals surface area contributed by atoms with Gasteiger partial charge in [0.1, 0.15) is 11.5 Å². The molecule has 5 rings (SSSR count). The van der Waals surface area contributed by atoms with Crippen molar-refractivity contribution >= 4 is 36.0 Å². The molecule has 0 unspecified atom stereocenters. The summed E-state index contributed by atoms with van der Waals surface area (Å²) in [7, 11) is 0. The molecule has 10 heteroatoms. The van der Waals surface area contributed by atoms with E-state index in [1.54, 1.807) is 18.2 Å². The number of carboxylic acids is 1. The molecule has 58 heavy (non-hydrogen) atoms. The second kappa shape index (κ2) is 34.7. The van der Waals surface area contributed by atoms with E-state index >= 15 is 0 Å². The van der Waals surface area contributed by atoms with Crippen molar-refractivity contribution in [2.75, 3.05) is 26.3 Å². The Hall–Kier alpha value is -6.75. The minimum atomic E-state index is -0.804. The van der Waals surface area contributed by atoms with Crippen molar-refractivity contribution in [3.8, 4) is 11.5 Å². The first-order valence-electron chi connectivity index (χ1n) is 18.9. The van der Waals surface area contributed by atoms with Gasteiger partial charge in [-0.3, -0.25) is 14.4 Å². The fraction of sp³-hybridized carbons (Fsp3) is 0.188. The number of carbonyl (C=O) groups is 3. The number of aliphatic carboxylic acids is 1. The largest absolute Gasteiger partial charge is 0.494 e. The van der Waals surface area contributed by atoms with Crippen molar-refractivity contribution in [3.63, 3.8) is 0 Å². The van der Waals surface area contributed by atoms with Crippen molar-refractivity contribution in [1.29, 1.82) is 0 Å². The van der Waals surface area contributed by atoms with Gasteiger partial charge >= 0.3 is 5.97 Å². The number of carboxylic acid groups (broad SMARTS) is 1. The van der Waals surface area contributed by atoms with E-state index in [1.807, 2.05) is 146 Å². The lowest BCUT2D eigenvalue weighted by Crippen LogP contribution is -2.14. The number of amides is 2. The van der Waals surface area contributed by atoms with E-state index in [-0.39, 0.29) is 24.7 Å². The molecule has 0 atom stereocenters. The van der Waals surface area contributed by atoms with Gasteiger partial charge in [0.2, 0.25) is 11.8 Å². The van der Waals surface area contributed by atoms with Gasteiger partial charge in [-0.2, -0.15) is 0 Å². The zero-order valence-corrected chi connectivity index (χ0v) is 33.1. The maximum absolute atomic E-state index is 10.4.